The van der Waals surface area contributed by atoms with Gasteiger partial charge in [0.2, 0.25) is 0 Å². The van der Waals surface area contributed by atoms with Crippen molar-refractivity contribution in [2.75, 3.05) is 26.8 Å². The highest BCUT2D eigenvalue weighted by Gasteiger charge is 2.37. The van der Waals surface area contributed by atoms with Crippen molar-refractivity contribution in [2.45, 2.75) is 11.8 Å². The van der Waals surface area contributed by atoms with Crippen LogP contribution in [-0.4, -0.2) is 26.8 Å². The predicted molar refractivity (Wildman–Crippen MR) is 57.5 cm³/mol. The fourth-order valence-corrected chi connectivity index (χ4v) is 2.04. The Labute approximate surface area is 85.3 Å². The first kappa shape index (κ1) is 9.69. The Balaban J connectivity index is 2.12. The summed E-state index contributed by atoms with van der Waals surface area (Å²) in [5.41, 5.74) is 1.77. The van der Waals surface area contributed by atoms with E-state index in [2.05, 4.69) is 35.6 Å². The average Bonchev–Trinajstić information content (AvgIpc) is 2.18. The van der Waals surface area contributed by atoms with Crippen LogP contribution in [0.5, 0.6) is 0 Å². The fourth-order valence-electron chi connectivity index (χ4n) is 2.04. The van der Waals surface area contributed by atoms with E-state index < -0.39 is 0 Å². The molecule has 1 aromatic carbocycles. The summed E-state index contributed by atoms with van der Waals surface area (Å²) in [6.45, 7) is 3.01. The minimum atomic E-state index is 0.331. The molecular weight excluding hydrogens is 174 g/mol. The Bertz CT molecular complexity index is 280. The van der Waals surface area contributed by atoms with E-state index in [-0.39, 0.29) is 0 Å². The summed E-state index contributed by atoms with van der Waals surface area (Å²) < 4.78 is 5.17. The highest BCUT2D eigenvalue weighted by atomic mass is 16.5. The van der Waals surface area contributed by atoms with E-state index in [0.29, 0.717) is 5.41 Å². The van der Waals surface area contributed by atoms with Crippen LogP contribution < -0.4 is 5.32 Å². The molecule has 1 aromatic rings. The molecule has 0 saturated carbocycles. The largest absolute Gasteiger partial charge is 0.385 e. The molecule has 76 valence electrons. The summed E-state index contributed by atoms with van der Waals surface area (Å²) >= 11 is 0. The molecule has 1 fully saturated rings. The van der Waals surface area contributed by atoms with Crippen LogP contribution in [0.4, 0.5) is 0 Å². The van der Waals surface area contributed by atoms with Gasteiger partial charge in [0.25, 0.3) is 0 Å². The van der Waals surface area contributed by atoms with Crippen molar-refractivity contribution in [3.63, 3.8) is 0 Å². The molecule has 0 unspecified atom stereocenters. The van der Waals surface area contributed by atoms with Crippen molar-refractivity contribution < 1.29 is 4.74 Å². The first-order chi connectivity index (χ1) is 6.87. The molecule has 1 N–H and O–H groups in total. The maximum absolute atomic E-state index is 5.17. The zero-order valence-corrected chi connectivity index (χ0v) is 8.62. The quantitative estimate of drug-likeness (QED) is 0.780. The Morgan fingerprint density at radius 3 is 2.50 bits per heavy atom. The van der Waals surface area contributed by atoms with E-state index in [4.69, 9.17) is 4.74 Å². The van der Waals surface area contributed by atoms with Gasteiger partial charge in [0.1, 0.15) is 0 Å². The molecule has 2 heteroatoms. The van der Waals surface area contributed by atoms with Crippen LogP contribution >= 0.6 is 0 Å². The van der Waals surface area contributed by atoms with Crippen molar-refractivity contribution in [3.8, 4) is 0 Å². The lowest BCUT2D eigenvalue weighted by atomic mass is 9.73. The molecular formula is C12H17NO. The van der Waals surface area contributed by atoms with Gasteiger partial charge in [-0.25, -0.2) is 0 Å². The molecule has 1 aliphatic heterocycles. The lowest BCUT2D eigenvalue weighted by Gasteiger charge is -2.43. The van der Waals surface area contributed by atoms with Gasteiger partial charge in [0.05, 0.1) is 0 Å². The van der Waals surface area contributed by atoms with Gasteiger partial charge < -0.3 is 10.1 Å². The Morgan fingerprint density at radius 2 is 2.00 bits per heavy atom. The first-order valence-corrected chi connectivity index (χ1v) is 5.13. The smallest absolute Gasteiger partial charge is 0.0471 e. The van der Waals surface area contributed by atoms with Crippen LogP contribution in [0, 0.1) is 0 Å². The third-order valence-corrected chi connectivity index (χ3v) is 3.10. The number of rotatable bonds is 4. The number of ether oxygens (including phenoxy) is 1. The molecule has 0 bridgehead atoms. The van der Waals surface area contributed by atoms with Gasteiger partial charge in [0, 0.05) is 32.2 Å². The zero-order chi connectivity index (χ0) is 9.86. The molecule has 14 heavy (non-hydrogen) atoms. The fraction of sp³-hybridized carbons (Fsp3) is 0.500. The molecule has 1 saturated heterocycles. The average molecular weight is 191 g/mol. The maximum atomic E-state index is 5.17. The predicted octanol–water partition coefficient (Wildman–Crippen LogP) is 1.56. The van der Waals surface area contributed by atoms with Crippen molar-refractivity contribution in [2.24, 2.45) is 0 Å². The summed E-state index contributed by atoms with van der Waals surface area (Å²) in [4.78, 5) is 0. The maximum Gasteiger partial charge on any atom is 0.0471 e. The standard InChI is InChI=1S/C12H17NO/c1-14-8-7-12(9-13-10-12)11-5-3-2-4-6-11/h2-6,13H,7-10H2,1H3. The highest BCUT2D eigenvalue weighted by molar-refractivity contribution is 5.29. The third kappa shape index (κ3) is 1.68. The minimum Gasteiger partial charge on any atom is -0.385 e. The summed E-state index contributed by atoms with van der Waals surface area (Å²) in [6, 6.07) is 10.7. The van der Waals surface area contributed by atoms with Crippen LogP contribution in [0.3, 0.4) is 0 Å². The highest BCUT2D eigenvalue weighted by Crippen LogP contribution is 2.31. The topological polar surface area (TPSA) is 21.3 Å². The molecule has 1 heterocycles. The van der Waals surface area contributed by atoms with Gasteiger partial charge in [-0.15, -0.1) is 0 Å². The molecule has 2 rings (SSSR count). The van der Waals surface area contributed by atoms with Gasteiger partial charge in [-0.1, -0.05) is 30.3 Å². The van der Waals surface area contributed by atoms with Crippen LogP contribution in [0.25, 0.3) is 0 Å². The number of methoxy groups -OCH3 is 1. The van der Waals surface area contributed by atoms with Crippen LogP contribution in [0.1, 0.15) is 12.0 Å². The lowest BCUT2D eigenvalue weighted by molar-refractivity contribution is 0.142. The second-order valence-electron chi connectivity index (χ2n) is 3.99. The first-order valence-electron chi connectivity index (χ1n) is 5.13. The molecule has 0 spiro atoms. The second-order valence-corrected chi connectivity index (χ2v) is 3.99. The molecule has 0 aromatic heterocycles. The number of benzene rings is 1. The van der Waals surface area contributed by atoms with Gasteiger partial charge in [-0.05, 0) is 12.0 Å². The van der Waals surface area contributed by atoms with Crippen LogP contribution in [0.2, 0.25) is 0 Å². The Morgan fingerprint density at radius 1 is 1.29 bits per heavy atom. The molecule has 0 radical (unpaired) electrons. The van der Waals surface area contributed by atoms with Crippen LogP contribution in [-0.2, 0) is 10.2 Å². The van der Waals surface area contributed by atoms with E-state index in [1.807, 2.05) is 0 Å². The molecule has 1 aliphatic rings. The van der Waals surface area contributed by atoms with Gasteiger partial charge in [-0.2, -0.15) is 0 Å². The van der Waals surface area contributed by atoms with Crippen molar-refractivity contribution in [1.29, 1.82) is 0 Å². The third-order valence-electron chi connectivity index (χ3n) is 3.10. The summed E-state index contributed by atoms with van der Waals surface area (Å²) in [6.07, 6.45) is 1.11. The monoisotopic (exact) mass is 191 g/mol. The van der Waals surface area contributed by atoms with Crippen molar-refractivity contribution in [1.82, 2.24) is 5.32 Å². The van der Waals surface area contributed by atoms with E-state index in [1.54, 1.807) is 7.11 Å². The lowest BCUT2D eigenvalue weighted by Crippen LogP contribution is -2.57. The Kier molecular flexibility index (Phi) is 2.85. The van der Waals surface area contributed by atoms with Crippen LogP contribution in [0.15, 0.2) is 30.3 Å². The summed E-state index contributed by atoms with van der Waals surface area (Å²) in [5.74, 6) is 0. The molecule has 0 amide bonds. The molecule has 0 aliphatic carbocycles. The SMILES string of the molecule is COCCC1(c2ccccc2)CNC1. The van der Waals surface area contributed by atoms with Crippen molar-refractivity contribution in [3.05, 3.63) is 35.9 Å². The number of hydrogen-bond donors (Lipinski definition) is 1. The van der Waals surface area contributed by atoms with Gasteiger partial charge in [-0.3, -0.25) is 0 Å². The normalized spacial score (nSPS) is 18.9. The van der Waals surface area contributed by atoms with E-state index in [9.17, 15) is 0 Å². The van der Waals surface area contributed by atoms with Gasteiger partial charge >= 0.3 is 0 Å². The Hall–Kier alpha value is -0.860. The minimum absolute atomic E-state index is 0.331. The molecule has 0 atom stereocenters. The molecule has 2 nitrogen and oxygen atoms in total. The van der Waals surface area contributed by atoms with Crippen molar-refractivity contribution >= 4 is 0 Å². The van der Waals surface area contributed by atoms with E-state index in [0.717, 1.165) is 26.1 Å². The summed E-state index contributed by atoms with van der Waals surface area (Å²) in [7, 11) is 1.77. The summed E-state index contributed by atoms with van der Waals surface area (Å²) in [5, 5.41) is 3.35. The van der Waals surface area contributed by atoms with E-state index in [1.165, 1.54) is 5.56 Å². The number of nitrogens with one attached hydrogen (secondary N) is 1. The van der Waals surface area contributed by atoms with E-state index >= 15 is 0 Å². The second kappa shape index (κ2) is 4.11. The zero-order valence-electron chi connectivity index (χ0n) is 8.62. The van der Waals surface area contributed by atoms with Gasteiger partial charge in [0.15, 0.2) is 0 Å². The number of hydrogen-bond acceptors (Lipinski definition) is 2.